The van der Waals surface area contributed by atoms with E-state index in [9.17, 15) is 0 Å². The van der Waals surface area contributed by atoms with Crippen LogP contribution in [0.15, 0.2) is 0 Å². The van der Waals surface area contributed by atoms with Gasteiger partial charge in [-0.1, -0.05) is 20.8 Å². The van der Waals surface area contributed by atoms with E-state index in [0.29, 0.717) is 0 Å². The molecule has 0 fully saturated rings. The fourth-order valence-electron chi connectivity index (χ4n) is 2.42. The summed E-state index contributed by atoms with van der Waals surface area (Å²) < 4.78 is 7.79. The Morgan fingerprint density at radius 3 is 2.50 bits per heavy atom. The van der Waals surface area contributed by atoms with Crippen molar-refractivity contribution in [3.8, 4) is 0 Å². The predicted molar refractivity (Wildman–Crippen MR) is 84.1 cm³/mol. The van der Waals surface area contributed by atoms with Crippen LogP contribution in [0.5, 0.6) is 0 Å². The van der Waals surface area contributed by atoms with Crippen LogP contribution in [0.1, 0.15) is 58.0 Å². The minimum absolute atomic E-state index is 0.284. The molecule has 4 heteroatoms. The molecular formula is C16H31N3O. The average Bonchev–Trinajstić information content (AvgIpc) is 2.76. The second-order valence-electron chi connectivity index (χ2n) is 5.40. The number of hydrogen-bond acceptors (Lipinski definition) is 3. The summed E-state index contributed by atoms with van der Waals surface area (Å²) in [6.45, 7) is 14.3. The summed E-state index contributed by atoms with van der Waals surface area (Å²) in [6.07, 6.45) is 3.47. The summed E-state index contributed by atoms with van der Waals surface area (Å²) in [7, 11) is 0. The first kappa shape index (κ1) is 17.2. The molecule has 0 amide bonds. The molecule has 0 atom stereocenters. The van der Waals surface area contributed by atoms with Crippen molar-refractivity contribution in [2.45, 2.75) is 73.1 Å². The highest BCUT2D eigenvalue weighted by Crippen LogP contribution is 2.16. The van der Waals surface area contributed by atoms with Crippen LogP contribution in [0.2, 0.25) is 0 Å². The highest BCUT2D eigenvalue weighted by Gasteiger charge is 2.14. The Labute approximate surface area is 123 Å². The quantitative estimate of drug-likeness (QED) is 0.670. The first-order chi connectivity index (χ1) is 9.63. The van der Waals surface area contributed by atoms with E-state index in [1.165, 1.54) is 23.4 Å². The Bertz CT molecular complexity index is 385. The van der Waals surface area contributed by atoms with Crippen LogP contribution in [0.4, 0.5) is 0 Å². The summed E-state index contributed by atoms with van der Waals surface area (Å²) in [5, 5.41) is 8.28. The molecule has 1 N–H and O–H groups in total. The molecule has 4 nitrogen and oxygen atoms in total. The number of nitrogens with one attached hydrogen (secondary N) is 1. The molecule has 0 aliphatic carbocycles. The van der Waals surface area contributed by atoms with Crippen molar-refractivity contribution < 1.29 is 4.74 Å². The molecule has 1 heterocycles. The van der Waals surface area contributed by atoms with Gasteiger partial charge >= 0.3 is 0 Å². The average molecular weight is 281 g/mol. The minimum Gasteiger partial charge on any atom is -0.377 e. The summed E-state index contributed by atoms with van der Waals surface area (Å²) >= 11 is 0. The van der Waals surface area contributed by atoms with Crippen LogP contribution in [-0.4, -0.2) is 29.0 Å². The van der Waals surface area contributed by atoms with Gasteiger partial charge in [0.1, 0.15) is 0 Å². The number of aryl methyl sites for hydroxylation is 1. The molecule has 20 heavy (non-hydrogen) atoms. The molecule has 0 saturated carbocycles. The Balaban J connectivity index is 2.78. The van der Waals surface area contributed by atoms with Gasteiger partial charge in [0.2, 0.25) is 0 Å². The maximum absolute atomic E-state index is 5.65. The minimum atomic E-state index is 0.284. The molecular weight excluding hydrogens is 250 g/mol. The molecule has 0 saturated heterocycles. The van der Waals surface area contributed by atoms with Gasteiger partial charge in [-0.15, -0.1) is 0 Å². The lowest BCUT2D eigenvalue weighted by molar-refractivity contribution is 0.0705. The molecule has 1 aromatic rings. The van der Waals surface area contributed by atoms with Crippen molar-refractivity contribution in [2.75, 3.05) is 13.2 Å². The maximum Gasteiger partial charge on any atom is 0.0669 e. The third-order valence-corrected chi connectivity index (χ3v) is 3.40. The number of ether oxygens (including phenoxy) is 1. The lowest BCUT2D eigenvalue weighted by atomic mass is 10.1. The number of nitrogens with zero attached hydrogens (tertiary/aromatic N) is 2. The van der Waals surface area contributed by atoms with Crippen molar-refractivity contribution >= 4 is 0 Å². The van der Waals surface area contributed by atoms with Gasteiger partial charge in [0, 0.05) is 17.8 Å². The van der Waals surface area contributed by atoms with Gasteiger partial charge in [-0.05, 0) is 39.7 Å². The lowest BCUT2D eigenvalue weighted by Gasteiger charge is -2.10. The van der Waals surface area contributed by atoms with Gasteiger partial charge < -0.3 is 10.1 Å². The molecule has 0 spiro atoms. The van der Waals surface area contributed by atoms with E-state index < -0.39 is 0 Å². The van der Waals surface area contributed by atoms with Crippen LogP contribution in [-0.2, 0) is 30.7 Å². The fourth-order valence-corrected chi connectivity index (χ4v) is 2.42. The fraction of sp³-hybridized carbons (Fsp3) is 0.812. The van der Waals surface area contributed by atoms with Gasteiger partial charge in [-0.3, -0.25) is 4.68 Å². The van der Waals surface area contributed by atoms with E-state index in [0.717, 1.165) is 39.1 Å². The number of rotatable bonds is 10. The Morgan fingerprint density at radius 2 is 1.95 bits per heavy atom. The normalized spacial score (nSPS) is 11.5. The third-order valence-electron chi connectivity index (χ3n) is 3.40. The van der Waals surface area contributed by atoms with E-state index in [1.54, 1.807) is 0 Å². The van der Waals surface area contributed by atoms with Crippen molar-refractivity contribution in [1.82, 2.24) is 15.1 Å². The second kappa shape index (κ2) is 9.14. The Kier molecular flexibility index (Phi) is 7.85. The lowest BCUT2D eigenvalue weighted by Crippen LogP contribution is -2.17. The molecule has 116 valence electrons. The first-order valence-electron chi connectivity index (χ1n) is 8.03. The Hall–Kier alpha value is -0.870. The SMILES string of the molecule is CCCNCc1c(CC)nn(CCOC(C)C)c1CC. The Morgan fingerprint density at radius 1 is 1.20 bits per heavy atom. The molecule has 0 unspecified atom stereocenters. The van der Waals surface area contributed by atoms with Gasteiger partial charge in [0.15, 0.2) is 0 Å². The summed E-state index contributed by atoms with van der Waals surface area (Å²) in [4.78, 5) is 0. The van der Waals surface area contributed by atoms with Crippen LogP contribution in [0.3, 0.4) is 0 Å². The van der Waals surface area contributed by atoms with Gasteiger partial charge in [-0.2, -0.15) is 5.10 Å². The molecule has 0 bridgehead atoms. The largest absolute Gasteiger partial charge is 0.377 e. The van der Waals surface area contributed by atoms with Crippen molar-refractivity contribution in [3.63, 3.8) is 0 Å². The topological polar surface area (TPSA) is 39.1 Å². The smallest absolute Gasteiger partial charge is 0.0669 e. The molecule has 0 aliphatic rings. The van der Waals surface area contributed by atoms with Crippen LogP contribution in [0.25, 0.3) is 0 Å². The van der Waals surface area contributed by atoms with E-state index in [4.69, 9.17) is 9.84 Å². The molecule has 1 rings (SSSR count). The summed E-state index contributed by atoms with van der Waals surface area (Å²) in [6, 6.07) is 0. The van der Waals surface area contributed by atoms with Crippen LogP contribution < -0.4 is 5.32 Å². The van der Waals surface area contributed by atoms with Gasteiger partial charge in [0.25, 0.3) is 0 Å². The van der Waals surface area contributed by atoms with Crippen molar-refractivity contribution in [2.24, 2.45) is 0 Å². The zero-order valence-electron chi connectivity index (χ0n) is 13.8. The molecule has 1 aromatic heterocycles. The van der Waals surface area contributed by atoms with Crippen LogP contribution >= 0.6 is 0 Å². The highest BCUT2D eigenvalue weighted by atomic mass is 16.5. The third kappa shape index (κ3) is 4.91. The van der Waals surface area contributed by atoms with E-state index in [1.807, 2.05) is 0 Å². The van der Waals surface area contributed by atoms with Crippen LogP contribution in [0, 0.1) is 0 Å². The zero-order chi connectivity index (χ0) is 15.0. The van der Waals surface area contributed by atoms with E-state index >= 15 is 0 Å². The number of aromatic nitrogens is 2. The van der Waals surface area contributed by atoms with Crippen molar-refractivity contribution in [3.05, 3.63) is 17.0 Å². The van der Waals surface area contributed by atoms with E-state index in [2.05, 4.69) is 44.6 Å². The maximum atomic E-state index is 5.65. The second-order valence-corrected chi connectivity index (χ2v) is 5.40. The zero-order valence-corrected chi connectivity index (χ0v) is 13.8. The van der Waals surface area contributed by atoms with Gasteiger partial charge in [-0.25, -0.2) is 0 Å². The highest BCUT2D eigenvalue weighted by molar-refractivity contribution is 5.26. The predicted octanol–water partition coefficient (Wildman–Crippen LogP) is 2.93. The number of hydrogen-bond donors (Lipinski definition) is 1. The summed E-state index contributed by atoms with van der Waals surface area (Å²) in [5.74, 6) is 0. The standard InChI is InChI=1S/C16H31N3O/c1-6-9-17-12-14-15(7-2)18-19(16(14)8-3)10-11-20-13(4)5/h13,17H,6-12H2,1-5H3. The molecule has 0 aromatic carbocycles. The molecule has 0 radical (unpaired) electrons. The van der Waals surface area contributed by atoms with Gasteiger partial charge in [0.05, 0.1) is 24.9 Å². The van der Waals surface area contributed by atoms with E-state index in [-0.39, 0.29) is 6.10 Å². The first-order valence-corrected chi connectivity index (χ1v) is 8.03. The van der Waals surface area contributed by atoms with Crippen molar-refractivity contribution in [1.29, 1.82) is 0 Å². The monoisotopic (exact) mass is 281 g/mol. The summed E-state index contributed by atoms with van der Waals surface area (Å²) in [5.41, 5.74) is 3.99. The molecule has 0 aliphatic heterocycles.